The van der Waals surface area contributed by atoms with E-state index in [1.807, 2.05) is 6.07 Å². The Morgan fingerprint density at radius 2 is 2.23 bits per heavy atom. The van der Waals surface area contributed by atoms with E-state index in [0.29, 0.717) is 18.8 Å². The van der Waals surface area contributed by atoms with Crippen molar-refractivity contribution in [2.75, 3.05) is 13.7 Å². The molecule has 0 unspecified atom stereocenters. The van der Waals surface area contributed by atoms with Gasteiger partial charge in [-0.2, -0.15) is 0 Å². The van der Waals surface area contributed by atoms with Gasteiger partial charge in [0.2, 0.25) is 0 Å². The van der Waals surface area contributed by atoms with Crippen molar-refractivity contribution in [3.63, 3.8) is 0 Å². The number of rotatable bonds is 4. The average Bonchev–Trinajstić information content (AvgIpc) is 2.16. The van der Waals surface area contributed by atoms with Crippen LogP contribution >= 0.6 is 0 Å². The maximum Gasteiger partial charge on any atom is 0.160 e. The normalized spacial score (nSPS) is 10.0. The van der Waals surface area contributed by atoms with Gasteiger partial charge in [-0.05, 0) is 6.07 Å². The Kier molecular flexibility index (Phi) is 3.54. The van der Waals surface area contributed by atoms with Crippen molar-refractivity contribution in [1.82, 2.24) is 0 Å². The summed E-state index contributed by atoms with van der Waals surface area (Å²) in [6.45, 7) is 0.376. The minimum Gasteiger partial charge on any atom is -0.504 e. The van der Waals surface area contributed by atoms with Gasteiger partial charge >= 0.3 is 0 Å². The van der Waals surface area contributed by atoms with E-state index in [1.54, 1.807) is 12.1 Å². The summed E-state index contributed by atoms with van der Waals surface area (Å²) in [5.74, 6) is 5.51. The molecule has 4 heteroatoms. The fourth-order valence-corrected chi connectivity index (χ4v) is 1.10. The molecule has 0 spiro atoms. The zero-order valence-electron chi connectivity index (χ0n) is 7.49. The number of methoxy groups -OCH3 is 1. The van der Waals surface area contributed by atoms with Crippen molar-refractivity contribution in [2.24, 2.45) is 5.90 Å². The third-order valence-electron chi connectivity index (χ3n) is 1.79. The Morgan fingerprint density at radius 3 is 2.85 bits per heavy atom. The van der Waals surface area contributed by atoms with E-state index >= 15 is 0 Å². The lowest BCUT2D eigenvalue weighted by molar-refractivity contribution is 0.140. The second-order valence-corrected chi connectivity index (χ2v) is 2.59. The summed E-state index contributed by atoms with van der Waals surface area (Å²) >= 11 is 0. The first kappa shape index (κ1) is 9.83. The number of hydrogen-bond donors (Lipinski definition) is 2. The van der Waals surface area contributed by atoms with Gasteiger partial charge in [0.1, 0.15) is 0 Å². The second-order valence-electron chi connectivity index (χ2n) is 2.59. The van der Waals surface area contributed by atoms with Gasteiger partial charge in [-0.25, -0.2) is 5.90 Å². The highest BCUT2D eigenvalue weighted by Gasteiger charge is 2.05. The summed E-state index contributed by atoms with van der Waals surface area (Å²) in [6, 6.07) is 5.31. The van der Waals surface area contributed by atoms with Crippen LogP contribution in [0.4, 0.5) is 0 Å². The standard InChI is InChI=1S/C9H13NO3/c1-12-8-4-2-3-7(9(8)11)5-6-13-10/h2-4,11H,5-6,10H2,1H3. The maximum atomic E-state index is 9.59. The number of phenols is 1. The maximum absolute atomic E-state index is 9.59. The molecule has 0 saturated heterocycles. The lowest BCUT2D eigenvalue weighted by Crippen LogP contribution is -2.03. The Labute approximate surface area is 76.8 Å². The predicted octanol–water partition coefficient (Wildman–Crippen LogP) is 0.834. The molecule has 0 aliphatic heterocycles. The molecular formula is C9H13NO3. The lowest BCUT2D eigenvalue weighted by atomic mass is 10.1. The molecule has 0 amide bonds. The largest absolute Gasteiger partial charge is 0.504 e. The van der Waals surface area contributed by atoms with Crippen molar-refractivity contribution in [2.45, 2.75) is 6.42 Å². The summed E-state index contributed by atoms with van der Waals surface area (Å²) in [5, 5.41) is 9.59. The van der Waals surface area contributed by atoms with Crippen LogP contribution < -0.4 is 10.6 Å². The highest BCUT2D eigenvalue weighted by molar-refractivity contribution is 5.45. The van der Waals surface area contributed by atoms with Crippen LogP contribution in [0.3, 0.4) is 0 Å². The molecule has 72 valence electrons. The highest BCUT2D eigenvalue weighted by atomic mass is 16.6. The van der Waals surface area contributed by atoms with Gasteiger partial charge in [-0.3, -0.25) is 0 Å². The van der Waals surface area contributed by atoms with E-state index in [1.165, 1.54) is 7.11 Å². The molecule has 0 atom stereocenters. The quantitative estimate of drug-likeness (QED) is 0.679. The van der Waals surface area contributed by atoms with E-state index in [0.717, 1.165) is 5.56 Å². The zero-order valence-corrected chi connectivity index (χ0v) is 7.49. The Balaban J connectivity index is 2.81. The van der Waals surface area contributed by atoms with Gasteiger partial charge in [0, 0.05) is 12.0 Å². The minimum absolute atomic E-state index is 0.155. The molecule has 13 heavy (non-hydrogen) atoms. The topological polar surface area (TPSA) is 64.7 Å². The minimum atomic E-state index is 0.155. The molecule has 3 N–H and O–H groups in total. The number of phenolic OH excluding ortho intramolecular Hbond substituents is 1. The van der Waals surface area contributed by atoms with Gasteiger partial charge in [0.05, 0.1) is 13.7 Å². The number of ether oxygens (including phenoxy) is 1. The molecule has 1 aromatic carbocycles. The van der Waals surface area contributed by atoms with Crippen molar-refractivity contribution in [3.8, 4) is 11.5 Å². The molecule has 0 aliphatic rings. The van der Waals surface area contributed by atoms with Crippen LogP contribution in [0.25, 0.3) is 0 Å². The molecule has 0 aliphatic carbocycles. The molecule has 1 aromatic rings. The molecule has 0 heterocycles. The van der Waals surface area contributed by atoms with Crippen LogP contribution in [0.15, 0.2) is 18.2 Å². The molecule has 0 radical (unpaired) electrons. The summed E-state index contributed by atoms with van der Waals surface area (Å²) in [7, 11) is 1.51. The van der Waals surface area contributed by atoms with E-state index < -0.39 is 0 Å². The highest BCUT2D eigenvalue weighted by Crippen LogP contribution is 2.29. The summed E-state index contributed by atoms with van der Waals surface area (Å²) in [6.07, 6.45) is 0.569. The first-order chi connectivity index (χ1) is 6.29. The SMILES string of the molecule is COc1cccc(CCON)c1O. The number of benzene rings is 1. The van der Waals surface area contributed by atoms with E-state index in [4.69, 9.17) is 10.6 Å². The first-order valence-electron chi connectivity index (χ1n) is 3.96. The summed E-state index contributed by atoms with van der Waals surface area (Å²) in [4.78, 5) is 4.42. The Morgan fingerprint density at radius 1 is 1.46 bits per heavy atom. The van der Waals surface area contributed by atoms with Crippen LogP contribution in [-0.4, -0.2) is 18.8 Å². The van der Waals surface area contributed by atoms with Crippen molar-refractivity contribution in [3.05, 3.63) is 23.8 Å². The molecule has 0 saturated carbocycles. The fraction of sp³-hybridized carbons (Fsp3) is 0.333. The van der Waals surface area contributed by atoms with Gasteiger partial charge in [-0.15, -0.1) is 0 Å². The van der Waals surface area contributed by atoms with Gasteiger partial charge in [0.25, 0.3) is 0 Å². The van der Waals surface area contributed by atoms with E-state index in [2.05, 4.69) is 4.84 Å². The smallest absolute Gasteiger partial charge is 0.160 e. The molecule has 0 aromatic heterocycles. The van der Waals surface area contributed by atoms with Crippen LogP contribution in [0.2, 0.25) is 0 Å². The van der Waals surface area contributed by atoms with Crippen LogP contribution in [-0.2, 0) is 11.3 Å². The third kappa shape index (κ3) is 2.34. The average molecular weight is 183 g/mol. The fourth-order valence-electron chi connectivity index (χ4n) is 1.10. The van der Waals surface area contributed by atoms with E-state index in [-0.39, 0.29) is 5.75 Å². The van der Waals surface area contributed by atoms with Crippen LogP contribution in [0.1, 0.15) is 5.56 Å². The predicted molar refractivity (Wildman–Crippen MR) is 48.5 cm³/mol. The zero-order chi connectivity index (χ0) is 9.68. The second kappa shape index (κ2) is 4.69. The summed E-state index contributed by atoms with van der Waals surface area (Å²) in [5.41, 5.74) is 0.768. The third-order valence-corrected chi connectivity index (χ3v) is 1.79. The van der Waals surface area contributed by atoms with Crippen LogP contribution in [0.5, 0.6) is 11.5 Å². The first-order valence-corrected chi connectivity index (χ1v) is 3.96. The Bertz CT molecular complexity index is 276. The number of nitrogens with two attached hydrogens (primary N) is 1. The van der Waals surface area contributed by atoms with E-state index in [9.17, 15) is 5.11 Å². The number of para-hydroxylation sites is 1. The van der Waals surface area contributed by atoms with Crippen molar-refractivity contribution in [1.29, 1.82) is 0 Å². The summed E-state index contributed by atoms with van der Waals surface area (Å²) < 4.78 is 4.94. The monoisotopic (exact) mass is 183 g/mol. The van der Waals surface area contributed by atoms with Gasteiger partial charge in [-0.1, -0.05) is 12.1 Å². The lowest BCUT2D eigenvalue weighted by Gasteiger charge is -2.07. The Hall–Kier alpha value is -1.26. The number of hydrogen-bond acceptors (Lipinski definition) is 4. The molecule has 0 fully saturated rings. The molecule has 1 rings (SSSR count). The van der Waals surface area contributed by atoms with Gasteiger partial charge < -0.3 is 14.7 Å². The van der Waals surface area contributed by atoms with Gasteiger partial charge in [0.15, 0.2) is 11.5 Å². The van der Waals surface area contributed by atoms with Crippen LogP contribution in [0, 0.1) is 0 Å². The molecule has 0 bridgehead atoms. The number of aromatic hydroxyl groups is 1. The molecule has 4 nitrogen and oxygen atoms in total. The molecular weight excluding hydrogens is 170 g/mol. The van der Waals surface area contributed by atoms with Crippen molar-refractivity contribution >= 4 is 0 Å². The van der Waals surface area contributed by atoms with Crippen molar-refractivity contribution < 1.29 is 14.7 Å².